The van der Waals surface area contributed by atoms with Gasteiger partial charge < -0.3 is 10.1 Å². The Morgan fingerprint density at radius 2 is 2.00 bits per heavy atom. The van der Waals surface area contributed by atoms with Gasteiger partial charge in [-0.05, 0) is 43.2 Å². The first kappa shape index (κ1) is 12.4. The van der Waals surface area contributed by atoms with E-state index in [0.717, 1.165) is 24.5 Å². The fourth-order valence-electron chi connectivity index (χ4n) is 1.67. The van der Waals surface area contributed by atoms with Crippen LogP contribution in [0.1, 0.15) is 12.5 Å². The van der Waals surface area contributed by atoms with E-state index in [0.29, 0.717) is 6.61 Å². The molecule has 18 heavy (non-hydrogen) atoms. The van der Waals surface area contributed by atoms with Crippen LogP contribution >= 0.6 is 0 Å². The molecule has 0 aliphatic rings. The molecule has 0 amide bonds. The number of ether oxygens (including phenoxy) is 1. The van der Waals surface area contributed by atoms with Crippen LogP contribution in [0.4, 0.5) is 5.82 Å². The lowest BCUT2D eigenvalue weighted by Gasteiger charge is -2.10. The van der Waals surface area contributed by atoms with Gasteiger partial charge in [0, 0.05) is 25.1 Å². The molecule has 2 aromatic heterocycles. The number of rotatable bonds is 6. The van der Waals surface area contributed by atoms with Crippen LogP contribution in [0.3, 0.4) is 0 Å². The summed E-state index contributed by atoms with van der Waals surface area (Å²) in [5, 5.41) is 3.29. The van der Waals surface area contributed by atoms with E-state index in [2.05, 4.69) is 15.3 Å². The highest BCUT2D eigenvalue weighted by Gasteiger charge is 2.02. The largest absolute Gasteiger partial charge is 0.490 e. The molecule has 0 fully saturated rings. The maximum atomic E-state index is 5.50. The van der Waals surface area contributed by atoms with Crippen LogP contribution in [-0.2, 0) is 6.42 Å². The van der Waals surface area contributed by atoms with Gasteiger partial charge in [-0.15, -0.1) is 0 Å². The molecular formula is C14H17N3O. The first-order chi connectivity index (χ1) is 8.90. The average molecular weight is 243 g/mol. The Kier molecular flexibility index (Phi) is 4.53. The molecule has 0 bridgehead atoms. The first-order valence-electron chi connectivity index (χ1n) is 6.10. The predicted octanol–water partition coefficient (Wildman–Crippen LogP) is 2.53. The van der Waals surface area contributed by atoms with Crippen molar-refractivity contribution in [2.45, 2.75) is 13.3 Å². The lowest BCUT2D eigenvalue weighted by Crippen LogP contribution is -2.08. The van der Waals surface area contributed by atoms with Gasteiger partial charge in [-0.1, -0.05) is 0 Å². The molecule has 0 aliphatic heterocycles. The van der Waals surface area contributed by atoms with Gasteiger partial charge in [0.25, 0.3) is 0 Å². The molecule has 0 radical (unpaired) electrons. The third-order valence-electron chi connectivity index (χ3n) is 2.53. The van der Waals surface area contributed by atoms with Gasteiger partial charge in [-0.3, -0.25) is 4.98 Å². The van der Waals surface area contributed by atoms with E-state index in [1.54, 1.807) is 6.20 Å². The van der Waals surface area contributed by atoms with Gasteiger partial charge in [-0.25, -0.2) is 4.98 Å². The summed E-state index contributed by atoms with van der Waals surface area (Å²) in [5.74, 6) is 1.60. The Hall–Kier alpha value is -2.10. The maximum Gasteiger partial charge on any atom is 0.168 e. The van der Waals surface area contributed by atoms with Gasteiger partial charge in [-0.2, -0.15) is 0 Å². The number of anilines is 1. The van der Waals surface area contributed by atoms with Crippen LogP contribution in [0, 0.1) is 0 Å². The number of aromatic nitrogens is 2. The van der Waals surface area contributed by atoms with Gasteiger partial charge >= 0.3 is 0 Å². The zero-order valence-corrected chi connectivity index (χ0v) is 10.5. The number of hydrogen-bond donors (Lipinski definition) is 1. The lowest BCUT2D eigenvalue weighted by molar-refractivity contribution is 0.340. The van der Waals surface area contributed by atoms with E-state index in [1.165, 1.54) is 5.56 Å². The van der Waals surface area contributed by atoms with Gasteiger partial charge in [0.05, 0.1) is 6.61 Å². The molecule has 2 heterocycles. The van der Waals surface area contributed by atoms with Crippen molar-refractivity contribution in [3.8, 4) is 5.75 Å². The van der Waals surface area contributed by atoms with Crippen molar-refractivity contribution >= 4 is 5.82 Å². The maximum absolute atomic E-state index is 5.50. The van der Waals surface area contributed by atoms with Crippen molar-refractivity contribution in [2.24, 2.45) is 0 Å². The molecular weight excluding hydrogens is 226 g/mol. The minimum absolute atomic E-state index is 0.644. The van der Waals surface area contributed by atoms with Crippen LogP contribution in [0.5, 0.6) is 5.75 Å². The second-order valence-corrected chi connectivity index (χ2v) is 3.82. The summed E-state index contributed by atoms with van der Waals surface area (Å²) in [7, 11) is 0. The van der Waals surface area contributed by atoms with E-state index in [1.807, 2.05) is 43.6 Å². The molecule has 0 saturated heterocycles. The van der Waals surface area contributed by atoms with Crippen molar-refractivity contribution in [1.82, 2.24) is 9.97 Å². The molecule has 4 heteroatoms. The SMILES string of the molecule is CCOc1cccnc1NCCc1ccncc1. The molecule has 0 aliphatic carbocycles. The van der Waals surface area contributed by atoms with Crippen LogP contribution in [0.2, 0.25) is 0 Å². The van der Waals surface area contributed by atoms with Crippen molar-refractivity contribution < 1.29 is 4.74 Å². The molecule has 4 nitrogen and oxygen atoms in total. The second-order valence-electron chi connectivity index (χ2n) is 3.82. The van der Waals surface area contributed by atoms with Crippen LogP contribution in [0.25, 0.3) is 0 Å². The number of hydrogen-bond acceptors (Lipinski definition) is 4. The second kappa shape index (κ2) is 6.59. The summed E-state index contributed by atoms with van der Waals surface area (Å²) in [4.78, 5) is 8.28. The molecule has 0 spiro atoms. The number of nitrogens with one attached hydrogen (secondary N) is 1. The van der Waals surface area contributed by atoms with Gasteiger partial charge in [0.15, 0.2) is 11.6 Å². The Labute approximate surface area is 107 Å². The van der Waals surface area contributed by atoms with Crippen molar-refractivity contribution in [3.63, 3.8) is 0 Å². The lowest BCUT2D eigenvalue weighted by atomic mass is 10.2. The fraction of sp³-hybridized carbons (Fsp3) is 0.286. The molecule has 0 saturated carbocycles. The van der Waals surface area contributed by atoms with Crippen LogP contribution in [-0.4, -0.2) is 23.1 Å². The predicted molar refractivity (Wildman–Crippen MR) is 71.8 cm³/mol. The zero-order valence-electron chi connectivity index (χ0n) is 10.5. The molecule has 0 atom stereocenters. The van der Waals surface area contributed by atoms with E-state index in [9.17, 15) is 0 Å². The molecule has 2 rings (SSSR count). The average Bonchev–Trinajstić information content (AvgIpc) is 2.42. The normalized spacial score (nSPS) is 10.1. The van der Waals surface area contributed by atoms with E-state index < -0.39 is 0 Å². The van der Waals surface area contributed by atoms with Gasteiger partial charge in [0.2, 0.25) is 0 Å². The standard InChI is InChI=1S/C14H17N3O/c1-2-18-13-4-3-8-16-14(13)17-11-7-12-5-9-15-10-6-12/h3-6,8-10H,2,7,11H2,1H3,(H,16,17). The monoisotopic (exact) mass is 243 g/mol. The topological polar surface area (TPSA) is 47.0 Å². The summed E-state index contributed by atoms with van der Waals surface area (Å²) < 4.78 is 5.50. The Bertz CT molecular complexity index is 473. The number of pyridine rings is 2. The van der Waals surface area contributed by atoms with Crippen molar-refractivity contribution in [2.75, 3.05) is 18.5 Å². The highest BCUT2D eigenvalue weighted by Crippen LogP contribution is 2.20. The summed E-state index contributed by atoms with van der Waals surface area (Å²) in [6.07, 6.45) is 6.31. The third-order valence-corrected chi connectivity index (χ3v) is 2.53. The Balaban J connectivity index is 1.90. The summed E-state index contributed by atoms with van der Waals surface area (Å²) in [5.41, 5.74) is 1.26. The van der Waals surface area contributed by atoms with Gasteiger partial charge in [0.1, 0.15) is 0 Å². The molecule has 0 aromatic carbocycles. The third kappa shape index (κ3) is 3.45. The highest BCUT2D eigenvalue weighted by atomic mass is 16.5. The summed E-state index contributed by atoms with van der Waals surface area (Å²) in [6.45, 7) is 3.43. The highest BCUT2D eigenvalue weighted by molar-refractivity contribution is 5.49. The number of nitrogens with zero attached hydrogens (tertiary/aromatic N) is 2. The zero-order chi connectivity index (χ0) is 12.6. The fourth-order valence-corrected chi connectivity index (χ4v) is 1.67. The van der Waals surface area contributed by atoms with E-state index >= 15 is 0 Å². The Morgan fingerprint density at radius 1 is 1.17 bits per heavy atom. The first-order valence-corrected chi connectivity index (χ1v) is 6.10. The molecule has 94 valence electrons. The summed E-state index contributed by atoms with van der Waals surface area (Å²) >= 11 is 0. The molecule has 0 unspecified atom stereocenters. The van der Waals surface area contributed by atoms with Crippen molar-refractivity contribution in [3.05, 3.63) is 48.4 Å². The smallest absolute Gasteiger partial charge is 0.168 e. The van der Waals surface area contributed by atoms with E-state index in [-0.39, 0.29) is 0 Å². The molecule has 2 aromatic rings. The summed E-state index contributed by atoms with van der Waals surface area (Å²) in [6, 6.07) is 7.83. The van der Waals surface area contributed by atoms with Crippen molar-refractivity contribution in [1.29, 1.82) is 0 Å². The van der Waals surface area contributed by atoms with Crippen LogP contribution < -0.4 is 10.1 Å². The minimum Gasteiger partial charge on any atom is -0.490 e. The van der Waals surface area contributed by atoms with E-state index in [4.69, 9.17) is 4.74 Å². The quantitative estimate of drug-likeness (QED) is 0.847. The minimum atomic E-state index is 0.644. The van der Waals surface area contributed by atoms with Crippen LogP contribution in [0.15, 0.2) is 42.9 Å². The Morgan fingerprint density at radius 3 is 2.78 bits per heavy atom. The molecule has 1 N–H and O–H groups in total.